The van der Waals surface area contributed by atoms with Crippen LogP contribution in [-0.2, 0) is 11.2 Å². The Morgan fingerprint density at radius 1 is 1.29 bits per heavy atom. The van der Waals surface area contributed by atoms with Gasteiger partial charge in [-0.25, -0.2) is 0 Å². The Morgan fingerprint density at radius 3 is 2.96 bits per heavy atom. The van der Waals surface area contributed by atoms with Crippen molar-refractivity contribution in [1.29, 1.82) is 0 Å². The third-order valence-corrected chi connectivity index (χ3v) is 6.05. The fraction of sp³-hybridized carbons (Fsp3) is 0.611. The van der Waals surface area contributed by atoms with Gasteiger partial charge in [-0.15, -0.1) is 0 Å². The molecule has 4 rings (SSSR count). The fourth-order valence-electron chi connectivity index (χ4n) is 4.16. The summed E-state index contributed by atoms with van der Waals surface area (Å²) >= 11 is 1.61. The summed E-state index contributed by atoms with van der Waals surface area (Å²) in [6.45, 7) is 0.921. The van der Waals surface area contributed by atoms with Gasteiger partial charge in [-0.2, -0.15) is 16.3 Å². The molecule has 2 fully saturated rings. The van der Waals surface area contributed by atoms with E-state index in [0.717, 1.165) is 24.4 Å². The number of rotatable bonds is 5. The Balaban J connectivity index is 1.34. The average molecular weight is 345 g/mol. The van der Waals surface area contributed by atoms with Gasteiger partial charge in [0, 0.05) is 36.4 Å². The van der Waals surface area contributed by atoms with Gasteiger partial charge in [0.05, 0.1) is 0 Å². The highest BCUT2D eigenvalue weighted by Gasteiger charge is 2.35. The van der Waals surface area contributed by atoms with Crippen LogP contribution in [-0.4, -0.2) is 33.5 Å². The Morgan fingerprint density at radius 2 is 2.17 bits per heavy atom. The van der Waals surface area contributed by atoms with E-state index in [4.69, 9.17) is 4.52 Å². The lowest BCUT2D eigenvalue weighted by Gasteiger charge is -2.29. The molecule has 6 heteroatoms. The highest BCUT2D eigenvalue weighted by molar-refractivity contribution is 7.08. The normalized spacial score (nSPS) is 21.7. The molecule has 1 amide bonds. The van der Waals surface area contributed by atoms with Gasteiger partial charge in [-0.3, -0.25) is 4.79 Å². The summed E-state index contributed by atoms with van der Waals surface area (Å²) in [5, 5.41) is 8.00. The van der Waals surface area contributed by atoms with Crippen molar-refractivity contribution < 1.29 is 9.32 Å². The van der Waals surface area contributed by atoms with E-state index in [1.165, 1.54) is 32.1 Å². The molecule has 0 radical (unpaired) electrons. The minimum atomic E-state index is 0.250. The van der Waals surface area contributed by atoms with Crippen molar-refractivity contribution in [3.63, 3.8) is 0 Å². The highest BCUT2D eigenvalue weighted by Crippen LogP contribution is 2.35. The molecule has 0 aromatic carbocycles. The van der Waals surface area contributed by atoms with Crippen LogP contribution in [0.25, 0.3) is 11.4 Å². The largest absolute Gasteiger partial charge is 0.339 e. The average Bonchev–Trinajstić information content (AvgIpc) is 3.40. The lowest BCUT2D eigenvalue weighted by Crippen LogP contribution is -2.39. The van der Waals surface area contributed by atoms with Gasteiger partial charge in [-0.1, -0.05) is 18.0 Å². The summed E-state index contributed by atoms with van der Waals surface area (Å²) in [5.41, 5.74) is 0.974. The molecule has 128 valence electrons. The number of nitrogens with zero attached hydrogens (tertiary/aromatic N) is 3. The van der Waals surface area contributed by atoms with Gasteiger partial charge < -0.3 is 9.42 Å². The molecule has 1 aliphatic heterocycles. The highest BCUT2D eigenvalue weighted by atomic mass is 32.1. The second-order valence-electron chi connectivity index (χ2n) is 6.86. The summed E-state index contributed by atoms with van der Waals surface area (Å²) in [6, 6.07) is 2.45. The molecule has 2 aromatic heterocycles. The molecule has 5 nitrogen and oxygen atoms in total. The quantitative estimate of drug-likeness (QED) is 0.824. The van der Waals surface area contributed by atoms with Crippen molar-refractivity contribution >= 4 is 17.2 Å². The molecule has 1 aliphatic carbocycles. The van der Waals surface area contributed by atoms with E-state index in [1.54, 1.807) is 11.3 Å². The third kappa shape index (κ3) is 3.24. The molecule has 0 bridgehead atoms. The van der Waals surface area contributed by atoms with Crippen LogP contribution in [0.3, 0.4) is 0 Å². The van der Waals surface area contributed by atoms with E-state index >= 15 is 0 Å². The van der Waals surface area contributed by atoms with Crippen LogP contribution in [0.5, 0.6) is 0 Å². The SMILES string of the molecule is O=C(CCc1nc(-c2ccsc2)no1)N1CCC[C@@H]1C1CCCC1. The van der Waals surface area contributed by atoms with E-state index in [2.05, 4.69) is 15.0 Å². The van der Waals surface area contributed by atoms with Gasteiger partial charge in [0.1, 0.15) is 0 Å². The lowest BCUT2D eigenvalue weighted by atomic mass is 9.96. The number of carbonyl (C=O) groups is 1. The molecule has 0 N–H and O–H groups in total. The van der Waals surface area contributed by atoms with Crippen molar-refractivity contribution in [2.24, 2.45) is 5.92 Å². The smallest absolute Gasteiger partial charge is 0.227 e. The Bertz CT molecular complexity index is 676. The molecule has 1 saturated carbocycles. The summed E-state index contributed by atoms with van der Waals surface area (Å²) < 4.78 is 5.30. The second-order valence-corrected chi connectivity index (χ2v) is 7.65. The standard InChI is InChI=1S/C18H23N3O2S/c22-17(21-10-3-6-15(21)13-4-1-2-5-13)8-7-16-19-18(20-23-16)14-9-11-24-12-14/h9,11-13,15H,1-8,10H2/t15-/m1/s1. The van der Waals surface area contributed by atoms with E-state index in [9.17, 15) is 4.79 Å². The minimum Gasteiger partial charge on any atom is -0.339 e. The van der Waals surface area contributed by atoms with Gasteiger partial charge in [-0.05, 0) is 43.0 Å². The first kappa shape index (κ1) is 15.8. The van der Waals surface area contributed by atoms with E-state index in [0.29, 0.717) is 30.6 Å². The van der Waals surface area contributed by atoms with E-state index in [-0.39, 0.29) is 5.91 Å². The lowest BCUT2D eigenvalue weighted by molar-refractivity contribution is -0.133. The molecule has 0 spiro atoms. The van der Waals surface area contributed by atoms with Crippen molar-refractivity contribution in [3.05, 3.63) is 22.7 Å². The maximum Gasteiger partial charge on any atom is 0.227 e. The predicted molar refractivity (Wildman–Crippen MR) is 92.6 cm³/mol. The van der Waals surface area contributed by atoms with Crippen LogP contribution < -0.4 is 0 Å². The minimum absolute atomic E-state index is 0.250. The molecule has 0 unspecified atom stereocenters. The first-order valence-corrected chi connectivity index (χ1v) is 9.90. The van der Waals surface area contributed by atoms with Crippen molar-refractivity contribution in [2.75, 3.05) is 6.54 Å². The predicted octanol–water partition coefficient (Wildman–Crippen LogP) is 3.91. The van der Waals surface area contributed by atoms with Gasteiger partial charge in [0.2, 0.25) is 17.6 Å². The number of aryl methyl sites for hydroxylation is 1. The molecular weight excluding hydrogens is 322 g/mol. The van der Waals surface area contributed by atoms with Gasteiger partial charge >= 0.3 is 0 Å². The zero-order valence-corrected chi connectivity index (χ0v) is 14.6. The van der Waals surface area contributed by atoms with Gasteiger partial charge in [0.25, 0.3) is 0 Å². The maximum atomic E-state index is 12.7. The van der Waals surface area contributed by atoms with Crippen molar-refractivity contribution in [1.82, 2.24) is 15.0 Å². The molecule has 3 heterocycles. The number of likely N-dealkylation sites (tertiary alicyclic amines) is 1. The summed E-state index contributed by atoms with van der Waals surface area (Å²) in [7, 11) is 0. The number of aromatic nitrogens is 2. The number of amides is 1. The molecule has 2 aliphatic rings. The van der Waals surface area contributed by atoms with Crippen LogP contribution in [0.2, 0.25) is 0 Å². The number of hydrogen-bond donors (Lipinski definition) is 0. The van der Waals surface area contributed by atoms with Gasteiger partial charge in [0.15, 0.2) is 0 Å². The van der Waals surface area contributed by atoms with Crippen LogP contribution in [0.15, 0.2) is 21.3 Å². The van der Waals surface area contributed by atoms with E-state index in [1.807, 2.05) is 16.8 Å². The third-order valence-electron chi connectivity index (χ3n) is 5.36. The maximum absolute atomic E-state index is 12.7. The molecular formula is C18H23N3O2S. The van der Waals surface area contributed by atoms with Crippen LogP contribution in [0, 0.1) is 5.92 Å². The summed E-state index contributed by atoms with van der Waals surface area (Å²) in [5.74, 6) is 2.15. The molecule has 24 heavy (non-hydrogen) atoms. The number of hydrogen-bond acceptors (Lipinski definition) is 5. The monoisotopic (exact) mass is 345 g/mol. The first-order chi connectivity index (χ1) is 11.8. The number of carbonyl (C=O) groups excluding carboxylic acids is 1. The Kier molecular flexibility index (Phi) is 4.65. The molecule has 1 atom stereocenters. The topological polar surface area (TPSA) is 59.2 Å². The summed E-state index contributed by atoms with van der Waals surface area (Å²) in [4.78, 5) is 19.2. The van der Waals surface area contributed by atoms with E-state index < -0.39 is 0 Å². The number of thiophene rings is 1. The molecule has 2 aromatic rings. The van der Waals surface area contributed by atoms with Crippen molar-refractivity contribution in [3.8, 4) is 11.4 Å². The Hall–Kier alpha value is -1.69. The first-order valence-electron chi connectivity index (χ1n) is 8.96. The summed E-state index contributed by atoms with van der Waals surface area (Å²) in [6.07, 6.45) is 8.57. The Labute approximate surface area is 146 Å². The molecule has 1 saturated heterocycles. The second kappa shape index (κ2) is 7.05. The van der Waals surface area contributed by atoms with Crippen LogP contribution in [0.1, 0.15) is 50.8 Å². The van der Waals surface area contributed by atoms with Crippen LogP contribution in [0.4, 0.5) is 0 Å². The zero-order valence-electron chi connectivity index (χ0n) is 13.8. The zero-order chi connectivity index (χ0) is 16.4. The fourth-order valence-corrected chi connectivity index (χ4v) is 4.79. The van der Waals surface area contributed by atoms with Crippen LogP contribution >= 0.6 is 11.3 Å². The van der Waals surface area contributed by atoms with Crippen molar-refractivity contribution in [2.45, 2.75) is 57.4 Å².